The Balaban J connectivity index is 4.24. The zero-order chi connectivity index (χ0) is 14.3. The lowest BCUT2D eigenvalue weighted by molar-refractivity contribution is -0.130. The Kier molecular flexibility index (Phi) is 7.42. The number of hydrogen-bond donors (Lipinski definition) is 1. The van der Waals surface area contributed by atoms with Gasteiger partial charge in [-0.05, 0) is 19.3 Å². The van der Waals surface area contributed by atoms with Crippen LogP contribution in [0.1, 0.15) is 34.1 Å². The molecule has 0 fully saturated rings. The molecular weight excluding hydrogens is 256 g/mol. The molecule has 0 aromatic rings. The predicted octanol–water partition coefficient (Wildman–Crippen LogP) is 0.750. The van der Waals surface area contributed by atoms with E-state index >= 15 is 0 Å². The zero-order valence-corrected chi connectivity index (χ0v) is 12.6. The van der Waals surface area contributed by atoms with Gasteiger partial charge in [0.15, 0.2) is 0 Å². The second-order valence-corrected chi connectivity index (χ2v) is 6.36. The quantitative estimate of drug-likeness (QED) is 0.712. The van der Waals surface area contributed by atoms with E-state index in [0.29, 0.717) is 19.1 Å². The first-order valence-electron chi connectivity index (χ1n) is 6.10. The van der Waals surface area contributed by atoms with Gasteiger partial charge in [-0.15, -0.1) is 0 Å². The standard InChI is InChI=1S/C11H24N2O4S/c1-6-13(5)18(15,16)12-11(14)10(4)17-8-7-9(2)3/h9-10H,6-8H2,1-5H3,(H,12,14)/t10-/m0/s1. The van der Waals surface area contributed by atoms with Crippen LogP contribution in [-0.2, 0) is 19.7 Å². The van der Waals surface area contributed by atoms with Crippen LogP contribution in [0.25, 0.3) is 0 Å². The molecule has 0 unspecified atom stereocenters. The molecule has 18 heavy (non-hydrogen) atoms. The lowest BCUT2D eigenvalue weighted by Gasteiger charge is -2.18. The Morgan fingerprint density at radius 2 is 1.89 bits per heavy atom. The molecular formula is C11H24N2O4S. The largest absolute Gasteiger partial charge is 0.369 e. The molecule has 0 aliphatic heterocycles. The highest BCUT2D eigenvalue weighted by molar-refractivity contribution is 7.87. The SMILES string of the molecule is CCN(C)S(=O)(=O)NC(=O)[C@H](C)OCCC(C)C. The third kappa shape index (κ3) is 6.32. The molecule has 1 N–H and O–H groups in total. The number of carbonyl (C=O) groups excluding carboxylic acids is 1. The molecule has 1 atom stereocenters. The zero-order valence-electron chi connectivity index (χ0n) is 11.8. The summed E-state index contributed by atoms with van der Waals surface area (Å²) < 4.78 is 31.5. The van der Waals surface area contributed by atoms with Crippen LogP contribution in [0.3, 0.4) is 0 Å². The van der Waals surface area contributed by atoms with Crippen LogP contribution in [-0.4, -0.2) is 44.9 Å². The van der Waals surface area contributed by atoms with Gasteiger partial charge >= 0.3 is 10.2 Å². The van der Waals surface area contributed by atoms with E-state index in [9.17, 15) is 13.2 Å². The average molecular weight is 280 g/mol. The van der Waals surface area contributed by atoms with Crippen molar-refractivity contribution in [3.63, 3.8) is 0 Å². The predicted molar refractivity (Wildman–Crippen MR) is 70.2 cm³/mol. The van der Waals surface area contributed by atoms with E-state index in [1.54, 1.807) is 6.92 Å². The molecule has 0 saturated heterocycles. The Morgan fingerprint density at radius 1 is 1.33 bits per heavy atom. The topological polar surface area (TPSA) is 75.7 Å². The van der Waals surface area contributed by atoms with Gasteiger partial charge in [-0.2, -0.15) is 12.7 Å². The first kappa shape index (κ1) is 17.3. The molecule has 0 aromatic heterocycles. The van der Waals surface area contributed by atoms with E-state index < -0.39 is 22.2 Å². The third-order valence-electron chi connectivity index (χ3n) is 2.52. The summed E-state index contributed by atoms with van der Waals surface area (Å²) in [5, 5.41) is 0. The smallest absolute Gasteiger partial charge is 0.303 e. The summed E-state index contributed by atoms with van der Waals surface area (Å²) in [6.07, 6.45) is 0.0583. The highest BCUT2D eigenvalue weighted by Crippen LogP contribution is 2.02. The van der Waals surface area contributed by atoms with E-state index in [0.717, 1.165) is 10.7 Å². The summed E-state index contributed by atoms with van der Waals surface area (Å²) in [6.45, 7) is 8.06. The van der Waals surface area contributed by atoms with Gasteiger partial charge in [0.2, 0.25) is 0 Å². The molecule has 1 amide bonds. The summed E-state index contributed by atoms with van der Waals surface area (Å²) >= 11 is 0. The normalized spacial score (nSPS) is 13.9. The van der Waals surface area contributed by atoms with Crippen molar-refractivity contribution in [2.45, 2.75) is 40.2 Å². The van der Waals surface area contributed by atoms with Crippen LogP contribution >= 0.6 is 0 Å². The van der Waals surface area contributed by atoms with Crippen molar-refractivity contribution < 1.29 is 17.9 Å². The molecule has 6 nitrogen and oxygen atoms in total. The molecule has 0 rings (SSSR count). The fourth-order valence-electron chi connectivity index (χ4n) is 1.01. The molecule has 0 aliphatic carbocycles. The van der Waals surface area contributed by atoms with Gasteiger partial charge in [-0.1, -0.05) is 20.8 Å². The number of amides is 1. The van der Waals surface area contributed by atoms with Crippen molar-refractivity contribution >= 4 is 16.1 Å². The van der Waals surface area contributed by atoms with Gasteiger partial charge < -0.3 is 4.74 Å². The molecule has 0 bridgehead atoms. The van der Waals surface area contributed by atoms with E-state index in [2.05, 4.69) is 13.8 Å². The van der Waals surface area contributed by atoms with E-state index in [-0.39, 0.29) is 0 Å². The monoisotopic (exact) mass is 280 g/mol. The van der Waals surface area contributed by atoms with Gasteiger partial charge in [0, 0.05) is 20.2 Å². The molecule has 0 radical (unpaired) electrons. The molecule has 0 aromatic carbocycles. The lowest BCUT2D eigenvalue weighted by Crippen LogP contribution is -2.45. The van der Waals surface area contributed by atoms with Gasteiger partial charge in [0.05, 0.1) is 0 Å². The van der Waals surface area contributed by atoms with E-state index in [1.807, 2.05) is 4.72 Å². The number of nitrogens with one attached hydrogen (secondary N) is 1. The van der Waals surface area contributed by atoms with Crippen LogP contribution < -0.4 is 4.72 Å². The number of ether oxygens (including phenoxy) is 1. The van der Waals surface area contributed by atoms with Crippen LogP contribution in [0.4, 0.5) is 0 Å². The van der Waals surface area contributed by atoms with Crippen molar-refractivity contribution in [2.24, 2.45) is 5.92 Å². The Hall–Kier alpha value is -0.660. The minimum absolute atomic E-state index is 0.297. The summed E-state index contributed by atoms with van der Waals surface area (Å²) in [4.78, 5) is 11.6. The van der Waals surface area contributed by atoms with Crippen LogP contribution in [0.2, 0.25) is 0 Å². The molecule has 0 saturated carbocycles. The number of hydrogen-bond acceptors (Lipinski definition) is 4. The van der Waals surface area contributed by atoms with Crippen LogP contribution in [0.15, 0.2) is 0 Å². The Morgan fingerprint density at radius 3 is 2.33 bits per heavy atom. The highest BCUT2D eigenvalue weighted by atomic mass is 32.2. The summed E-state index contributed by atoms with van der Waals surface area (Å²) in [5.74, 6) is -0.158. The second-order valence-electron chi connectivity index (χ2n) is 4.58. The van der Waals surface area contributed by atoms with Gasteiger partial charge in [-0.25, -0.2) is 4.72 Å². The Bertz CT molecular complexity index is 354. The third-order valence-corrected chi connectivity index (χ3v) is 4.06. The number of nitrogens with zero attached hydrogens (tertiary/aromatic N) is 1. The molecule has 0 aliphatic rings. The van der Waals surface area contributed by atoms with Gasteiger partial charge in [-0.3, -0.25) is 4.79 Å². The fraction of sp³-hybridized carbons (Fsp3) is 0.909. The van der Waals surface area contributed by atoms with Crippen molar-refractivity contribution in [2.75, 3.05) is 20.2 Å². The summed E-state index contributed by atoms with van der Waals surface area (Å²) in [6, 6.07) is 0. The fourth-order valence-corrected chi connectivity index (χ4v) is 1.93. The van der Waals surface area contributed by atoms with Crippen molar-refractivity contribution in [3.8, 4) is 0 Å². The molecule has 7 heteroatoms. The maximum Gasteiger partial charge on any atom is 0.303 e. The van der Waals surface area contributed by atoms with Crippen molar-refractivity contribution in [3.05, 3.63) is 0 Å². The molecule has 0 spiro atoms. The van der Waals surface area contributed by atoms with Gasteiger partial charge in [0.25, 0.3) is 5.91 Å². The van der Waals surface area contributed by atoms with Crippen molar-refractivity contribution in [1.29, 1.82) is 0 Å². The lowest BCUT2D eigenvalue weighted by atomic mass is 10.1. The summed E-state index contributed by atoms with van der Waals surface area (Å²) in [5.41, 5.74) is 0. The van der Waals surface area contributed by atoms with E-state index in [1.165, 1.54) is 14.0 Å². The van der Waals surface area contributed by atoms with Crippen LogP contribution in [0, 0.1) is 5.92 Å². The van der Waals surface area contributed by atoms with Crippen molar-refractivity contribution in [1.82, 2.24) is 9.03 Å². The van der Waals surface area contributed by atoms with Crippen LogP contribution in [0.5, 0.6) is 0 Å². The Labute approximate surface area is 110 Å². The summed E-state index contributed by atoms with van der Waals surface area (Å²) in [7, 11) is -2.34. The maximum atomic E-state index is 11.6. The first-order valence-corrected chi connectivity index (χ1v) is 7.54. The minimum Gasteiger partial charge on any atom is -0.369 e. The van der Waals surface area contributed by atoms with E-state index in [4.69, 9.17) is 4.74 Å². The average Bonchev–Trinajstić information content (AvgIpc) is 2.26. The number of carbonyl (C=O) groups is 1. The molecule has 0 heterocycles. The minimum atomic E-state index is -3.74. The van der Waals surface area contributed by atoms with Gasteiger partial charge in [0.1, 0.15) is 6.10 Å². The number of rotatable bonds is 8. The second kappa shape index (κ2) is 7.70. The molecule has 108 valence electrons. The maximum absolute atomic E-state index is 11.6. The first-order chi connectivity index (χ1) is 8.20. The highest BCUT2D eigenvalue weighted by Gasteiger charge is 2.23.